The van der Waals surface area contributed by atoms with Crippen molar-refractivity contribution in [3.05, 3.63) is 59.4 Å². The zero-order valence-corrected chi connectivity index (χ0v) is 15.9. The Morgan fingerprint density at radius 1 is 1.18 bits per heavy atom. The number of ether oxygens (including phenoxy) is 2. The van der Waals surface area contributed by atoms with E-state index in [1.54, 1.807) is 31.3 Å². The summed E-state index contributed by atoms with van der Waals surface area (Å²) in [5.74, 6) is -0.0883. The summed E-state index contributed by atoms with van der Waals surface area (Å²) in [5.41, 5.74) is 0.788. The number of halogens is 1. The van der Waals surface area contributed by atoms with E-state index in [2.05, 4.69) is 5.32 Å². The van der Waals surface area contributed by atoms with Crippen molar-refractivity contribution in [2.24, 2.45) is 0 Å². The molecule has 0 radical (unpaired) electrons. The average molecular weight is 386 g/mol. The molecule has 1 heterocycles. The number of rotatable bonds is 6. The first-order chi connectivity index (χ1) is 13.5. The summed E-state index contributed by atoms with van der Waals surface area (Å²) in [5, 5.41) is 2.51. The highest BCUT2D eigenvalue weighted by atomic mass is 19.1. The van der Waals surface area contributed by atoms with Crippen molar-refractivity contribution in [3.8, 4) is 11.5 Å². The number of carbonyl (C=O) groups excluding carboxylic acids is 2. The van der Waals surface area contributed by atoms with Crippen molar-refractivity contribution in [2.75, 3.05) is 27.3 Å². The Balaban J connectivity index is 1.72. The largest absolute Gasteiger partial charge is 0.497 e. The van der Waals surface area contributed by atoms with E-state index in [-0.39, 0.29) is 24.1 Å². The molecule has 6 nitrogen and oxygen atoms in total. The van der Waals surface area contributed by atoms with Gasteiger partial charge >= 0.3 is 0 Å². The SMILES string of the molecule is COc1ccc(OC)c([C@@H]2CCCN2C(=O)CNC(=O)c2ccccc2F)c1. The second-order valence-electron chi connectivity index (χ2n) is 6.52. The number of amides is 2. The predicted molar refractivity (Wildman–Crippen MR) is 102 cm³/mol. The number of methoxy groups -OCH3 is 2. The molecule has 3 rings (SSSR count). The van der Waals surface area contributed by atoms with Crippen LogP contribution in [0.1, 0.15) is 34.8 Å². The summed E-state index contributed by atoms with van der Waals surface area (Å²) in [6.45, 7) is 0.384. The highest BCUT2D eigenvalue weighted by molar-refractivity contribution is 5.96. The maximum Gasteiger partial charge on any atom is 0.254 e. The Hall–Kier alpha value is -3.09. The molecule has 28 heavy (non-hydrogen) atoms. The fraction of sp³-hybridized carbons (Fsp3) is 0.333. The Labute approximate surface area is 163 Å². The molecule has 0 aliphatic carbocycles. The molecule has 1 N–H and O–H groups in total. The molecule has 0 aromatic heterocycles. The molecule has 1 atom stereocenters. The lowest BCUT2D eigenvalue weighted by molar-refractivity contribution is -0.131. The molecule has 2 aromatic carbocycles. The number of hydrogen-bond acceptors (Lipinski definition) is 4. The van der Waals surface area contributed by atoms with E-state index in [9.17, 15) is 14.0 Å². The van der Waals surface area contributed by atoms with Crippen molar-refractivity contribution in [1.82, 2.24) is 10.2 Å². The summed E-state index contributed by atoms with van der Waals surface area (Å²) in [6.07, 6.45) is 1.63. The predicted octanol–water partition coefficient (Wildman–Crippen LogP) is 2.94. The van der Waals surface area contributed by atoms with Crippen molar-refractivity contribution >= 4 is 11.8 Å². The van der Waals surface area contributed by atoms with Crippen LogP contribution in [0.2, 0.25) is 0 Å². The molecule has 0 unspecified atom stereocenters. The zero-order valence-electron chi connectivity index (χ0n) is 15.9. The maximum atomic E-state index is 13.7. The maximum absolute atomic E-state index is 13.7. The van der Waals surface area contributed by atoms with Gasteiger partial charge in [-0.1, -0.05) is 12.1 Å². The molecule has 0 bridgehead atoms. The third-order valence-corrected chi connectivity index (χ3v) is 4.89. The number of benzene rings is 2. The summed E-state index contributed by atoms with van der Waals surface area (Å²) in [6, 6.07) is 11.0. The van der Waals surface area contributed by atoms with Gasteiger partial charge in [-0.05, 0) is 43.2 Å². The summed E-state index contributed by atoms with van der Waals surface area (Å²) in [4.78, 5) is 26.6. The van der Waals surface area contributed by atoms with E-state index in [0.29, 0.717) is 18.0 Å². The molecule has 2 aromatic rings. The van der Waals surface area contributed by atoms with E-state index in [1.165, 1.54) is 18.2 Å². The van der Waals surface area contributed by atoms with Gasteiger partial charge in [0.25, 0.3) is 5.91 Å². The van der Waals surface area contributed by atoms with Gasteiger partial charge in [0.2, 0.25) is 5.91 Å². The van der Waals surface area contributed by atoms with Crippen LogP contribution in [0.25, 0.3) is 0 Å². The van der Waals surface area contributed by atoms with Crippen molar-refractivity contribution in [2.45, 2.75) is 18.9 Å². The molecule has 0 spiro atoms. The van der Waals surface area contributed by atoms with Crippen molar-refractivity contribution in [3.63, 3.8) is 0 Å². The van der Waals surface area contributed by atoms with Gasteiger partial charge in [-0.3, -0.25) is 9.59 Å². The van der Waals surface area contributed by atoms with Gasteiger partial charge in [0.15, 0.2) is 0 Å². The Morgan fingerprint density at radius 2 is 1.96 bits per heavy atom. The molecular formula is C21H23FN2O4. The van der Waals surface area contributed by atoms with Gasteiger partial charge < -0.3 is 19.7 Å². The Morgan fingerprint density at radius 3 is 2.68 bits per heavy atom. The van der Waals surface area contributed by atoms with Crippen molar-refractivity contribution < 1.29 is 23.5 Å². The second kappa shape index (κ2) is 8.73. The Bertz CT molecular complexity index is 871. The van der Waals surface area contributed by atoms with Gasteiger partial charge in [-0.2, -0.15) is 0 Å². The van der Waals surface area contributed by atoms with Crippen LogP contribution >= 0.6 is 0 Å². The molecule has 1 fully saturated rings. The minimum atomic E-state index is -0.618. The Kier molecular flexibility index (Phi) is 6.13. The van der Waals surface area contributed by atoms with Crippen LogP contribution in [0, 0.1) is 5.82 Å². The van der Waals surface area contributed by atoms with E-state index in [4.69, 9.17) is 9.47 Å². The minimum absolute atomic E-state index is 0.0808. The molecule has 7 heteroatoms. The average Bonchev–Trinajstić information content (AvgIpc) is 3.21. The molecule has 148 valence electrons. The molecule has 1 aliphatic heterocycles. The highest BCUT2D eigenvalue weighted by Crippen LogP contribution is 2.38. The topological polar surface area (TPSA) is 67.9 Å². The van der Waals surface area contributed by atoms with E-state index in [1.807, 2.05) is 12.1 Å². The first-order valence-corrected chi connectivity index (χ1v) is 9.09. The minimum Gasteiger partial charge on any atom is -0.497 e. The molecule has 1 saturated heterocycles. The van der Waals surface area contributed by atoms with Gasteiger partial charge in [0.1, 0.15) is 17.3 Å². The van der Waals surface area contributed by atoms with Gasteiger partial charge in [-0.15, -0.1) is 0 Å². The lowest BCUT2D eigenvalue weighted by Gasteiger charge is -2.27. The number of nitrogens with one attached hydrogen (secondary N) is 1. The summed E-state index contributed by atoms with van der Waals surface area (Å²) >= 11 is 0. The third-order valence-electron chi connectivity index (χ3n) is 4.89. The molecule has 1 aliphatic rings. The van der Waals surface area contributed by atoms with Crippen LogP contribution in [-0.4, -0.2) is 44.0 Å². The number of likely N-dealkylation sites (tertiary alicyclic amines) is 1. The van der Waals surface area contributed by atoms with E-state index in [0.717, 1.165) is 18.4 Å². The lowest BCUT2D eigenvalue weighted by Crippen LogP contribution is -2.40. The molecular weight excluding hydrogens is 363 g/mol. The first kappa shape index (κ1) is 19.7. The number of carbonyl (C=O) groups is 2. The van der Waals surface area contributed by atoms with Crippen LogP contribution in [0.5, 0.6) is 11.5 Å². The molecule has 2 amide bonds. The number of hydrogen-bond donors (Lipinski definition) is 1. The fourth-order valence-electron chi connectivity index (χ4n) is 3.49. The van der Waals surface area contributed by atoms with Gasteiger partial charge in [0, 0.05) is 12.1 Å². The van der Waals surface area contributed by atoms with Crippen LogP contribution in [0.4, 0.5) is 4.39 Å². The molecule has 0 saturated carbocycles. The van der Waals surface area contributed by atoms with Crippen LogP contribution in [0.15, 0.2) is 42.5 Å². The zero-order chi connectivity index (χ0) is 20.1. The lowest BCUT2D eigenvalue weighted by atomic mass is 10.0. The standard InChI is InChI=1S/C21H23FN2O4/c1-27-14-9-10-19(28-2)16(12-14)18-8-5-11-24(18)20(25)13-23-21(26)15-6-3-4-7-17(15)22/h3-4,6-7,9-10,12,18H,5,8,11,13H2,1-2H3,(H,23,26)/t18-/m0/s1. The van der Waals surface area contributed by atoms with Crippen molar-refractivity contribution in [1.29, 1.82) is 0 Å². The van der Waals surface area contributed by atoms with Gasteiger partial charge in [-0.25, -0.2) is 4.39 Å². The third kappa shape index (κ3) is 4.08. The summed E-state index contributed by atoms with van der Waals surface area (Å²) in [7, 11) is 3.17. The quantitative estimate of drug-likeness (QED) is 0.829. The van der Waals surface area contributed by atoms with Crippen LogP contribution < -0.4 is 14.8 Å². The monoisotopic (exact) mass is 386 g/mol. The van der Waals surface area contributed by atoms with Crippen LogP contribution in [-0.2, 0) is 4.79 Å². The van der Waals surface area contributed by atoms with Gasteiger partial charge in [0.05, 0.1) is 32.4 Å². The normalized spacial score (nSPS) is 16.0. The first-order valence-electron chi connectivity index (χ1n) is 9.09. The fourth-order valence-corrected chi connectivity index (χ4v) is 3.49. The number of nitrogens with zero attached hydrogens (tertiary/aromatic N) is 1. The second-order valence-corrected chi connectivity index (χ2v) is 6.52. The van der Waals surface area contributed by atoms with E-state index < -0.39 is 11.7 Å². The highest BCUT2D eigenvalue weighted by Gasteiger charge is 2.32. The summed E-state index contributed by atoms with van der Waals surface area (Å²) < 4.78 is 24.5. The van der Waals surface area contributed by atoms with E-state index >= 15 is 0 Å². The van der Waals surface area contributed by atoms with Crippen LogP contribution in [0.3, 0.4) is 0 Å². The smallest absolute Gasteiger partial charge is 0.254 e.